The van der Waals surface area contributed by atoms with Crippen molar-refractivity contribution in [2.75, 3.05) is 43.6 Å². The minimum atomic E-state index is -0.780. The number of urea groups is 1. The molecule has 0 saturated heterocycles. The second-order valence-electron chi connectivity index (χ2n) is 8.68. The first-order valence-electron chi connectivity index (χ1n) is 12.5. The molecule has 0 radical (unpaired) electrons. The van der Waals surface area contributed by atoms with E-state index in [9.17, 15) is 23.2 Å². The zero-order chi connectivity index (χ0) is 28.4. The summed E-state index contributed by atoms with van der Waals surface area (Å²) in [6.45, 7) is 5.89. The quantitative estimate of drug-likeness (QED) is 0.208. The number of carbonyl (C=O) groups excluding carboxylic acids is 3. The Morgan fingerprint density at radius 2 is 1.72 bits per heavy atom. The smallest absolute Gasteiger partial charge is 0.319 e. The van der Waals surface area contributed by atoms with Gasteiger partial charge in [0, 0.05) is 42.4 Å². The van der Waals surface area contributed by atoms with Gasteiger partial charge in [0.1, 0.15) is 16.6 Å². The molecule has 11 heteroatoms. The number of likely N-dealkylation sites (N-methyl/N-ethyl adjacent to an activating group) is 1. The molecule has 0 spiro atoms. The second-order valence-corrected chi connectivity index (χ2v) is 9.68. The first kappa shape index (κ1) is 29.9. The van der Waals surface area contributed by atoms with Crippen LogP contribution in [0.4, 0.5) is 24.3 Å². The van der Waals surface area contributed by atoms with E-state index in [1.165, 1.54) is 17.4 Å². The van der Waals surface area contributed by atoms with Gasteiger partial charge in [-0.1, -0.05) is 18.2 Å². The summed E-state index contributed by atoms with van der Waals surface area (Å²) in [6.07, 6.45) is 1.14. The summed E-state index contributed by atoms with van der Waals surface area (Å²) < 4.78 is 34.2. The highest BCUT2D eigenvalue weighted by Gasteiger charge is 2.25. The number of anilines is 2. The van der Waals surface area contributed by atoms with Gasteiger partial charge in [-0.25, -0.2) is 13.6 Å². The average Bonchev–Trinajstić information content (AvgIpc) is 3.27. The maximum Gasteiger partial charge on any atom is 0.319 e. The van der Waals surface area contributed by atoms with Gasteiger partial charge in [-0.15, -0.1) is 11.3 Å². The minimum absolute atomic E-state index is 0.270. The Balaban J connectivity index is 2.03. The number of nitrogens with zero attached hydrogens (tertiary/aromatic N) is 2. The van der Waals surface area contributed by atoms with Crippen LogP contribution in [0.3, 0.4) is 0 Å². The van der Waals surface area contributed by atoms with Crippen molar-refractivity contribution in [3.63, 3.8) is 0 Å². The summed E-state index contributed by atoms with van der Waals surface area (Å²) in [7, 11) is 1.89. The number of hydrogen-bond donors (Lipinski definition) is 2. The Bertz CT molecular complexity index is 1260. The molecule has 2 N–H and O–H groups in total. The van der Waals surface area contributed by atoms with Crippen molar-refractivity contribution >= 4 is 40.8 Å². The molecule has 208 valence electrons. The number of halogens is 2. The van der Waals surface area contributed by atoms with Crippen LogP contribution in [0.5, 0.6) is 0 Å². The molecule has 0 aliphatic heterocycles. The fourth-order valence-electron chi connectivity index (χ4n) is 3.95. The van der Waals surface area contributed by atoms with Crippen LogP contribution in [-0.2, 0) is 22.6 Å². The third-order valence-electron chi connectivity index (χ3n) is 5.92. The number of ether oxygens (including phenoxy) is 1. The van der Waals surface area contributed by atoms with Crippen LogP contribution in [0.25, 0.3) is 10.4 Å². The highest BCUT2D eigenvalue weighted by Crippen LogP contribution is 2.42. The van der Waals surface area contributed by atoms with Gasteiger partial charge >= 0.3 is 6.03 Å². The van der Waals surface area contributed by atoms with Crippen LogP contribution < -0.4 is 15.5 Å². The van der Waals surface area contributed by atoms with Gasteiger partial charge in [0.05, 0.1) is 18.7 Å². The van der Waals surface area contributed by atoms with Gasteiger partial charge in [0.15, 0.2) is 6.29 Å². The molecule has 2 aromatic carbocycles. The number of nitrogens with one attached hydrogen (secondary N) is 2. The van der Waals surface area contributed by atoms with E-state index in [1.54, 1.807) is 24.3 Å². The maximum absolute atomic E-state index is 14.4. The van der Waals surface area contributed by atoms with Crippen molar-refractivity contribution in [3.05, 3.63) is 70.8 Å². The summed E-state index contributed by atoms with van der Waals surface area (Å²) in [5.41, 5.74) is 2.01. The number of amides is 3. The first-order chi connectivity index (χ1) is 18.8. The molecule has 3 aromatic rings. The Morgan fingerprint density at radius 3 is 2.31 bits per heavy atom. The number of hydrogen-bond acceptors (Lipinski definition) is 6. The Labute approximate surface area is 230 Å². The molecular formula is C28H32F2N4O4S. The summed E-state index contributed by atoms with van der Waals surface area (Å²) in [5.74, 6) is -1.56. The molecule has 0 saturated carbocycles. The minimum Gasteiger partial charge on any atom is -0.380 e. The molecule has 8 nitrogen and oxygen atoms in total. The predicted octanol–water partition coefficient (Wildman–Crippen LogP) is 5.28. The van der Waals surface area contributed by atoms with Crippen LogP contribution in [-0.4, -0.2) is 57.0 Å². The van der Waals surface area contributed by atoms with Crippen molar-refractivity contribution in [2.24, 2.45) is 0 Å². The number of rotatable bonds is 14. The lowest BCUT2D eigenvalue weighted by Crippen LogP contribution is -2.28. The summed E-state index contributed by atoms with van der Waals surface area (Å²) in [6, 6.07) is 10.2. The van der Waals surface area contributed by atoms with Gasteiger partial charge < -0.3 is 20.3 Å². The first-order valence-corrected chi connectivity index (χ1v) is 13.3. The molecule has 0 aliphatic carbocycles. The Morgan fingerprint density at radius 1 is 1.03 bits per heavy atom. The highest BCUT2D eigenvalue weighted by atomic mass is 32.1. The molecular weight excluding hydrogens is 526 g/mol. The van der Waals surface area contributed by atoms with Gasteiger partial charge in [0.25, 0.3) is 0 Å². The molecule has 39 heavy (non-hydrogen) atoms. The fourth-order valence-corrected chi connectivity index (χ4v) is 5.21. The fraction of sp³-hybridized carbons (Fsp3) is 0.321. The van der Waals surface area contributed by atoms with E-state index in [2.05, 4.69) is 10.6 Å². The summed E-state index contributed by atoms with van der Waals surface area (Å²) >= 11 is 1.19. The zero-order valence-corrected chi connectivity index (χ0v) is 22.9. The van der Waals surface area contributed by atoms with Crippen LogP contribution in [0.15, 0.2) is 42.5 Å². The van der Waals surface area contributed by atoms with E-state index in [0.29, 0.717) is 56.8 Å². The van der Waals surface area contributed by atoms with Crippen molar-refractivity contribution in [1.82, 2.24) is 10.2 Å². The molecule has 3 rings (SSSR count). The lowest BCUT2D eigenvalue weighted by molar-refractivity contribution is -0.107. The number of benzene rings is 2. The standard InChI is InChI=1S/C28H32F2N4O4S/c1-4-31-28(37)32-20-11-9-19(10-12-20)26-21(15-33(3)13-14-38-5-2)23(17-35)27(39-26)34(18-36)16-22-24(29)7-6-8-25(22)30/h6-12,17-18H,4-5,13-16H2,1-3H3,(H2,31,32,37). The second kappa shape index (κ2) is 14.5. The molecule has 0 bridgehead atoms. The lowest BCUT2D eigenvalue weighted by atomic mass is 10.0. The topological polar surface area (TPSA) is 91.0 Å². The van der Waals surface area contributed by atoms with E-state index in [-0.39, 0.29) is 28.7 Å². The van der Waals surface area contributed by atoms with Crippen molar-refractivity contribution in [3.8, 4) is 10.4 Å². The third kappa shape index (κ3) is 7.69. The molecule has 0 aliphatic rings. The van der Waals surface area contributed by atoms with Gasteiger partial charge in [-0.2, -0.15) is 0 Å². The van der Waals surface area contributed by atoms with Crippen LogP contribution in [0.2, 0.25) is 0 Å². The Kier molecular flexibility index (Phi) is 11.1. The van der Waals surface area contributed by atoms with Crippen molar-refractivity contribution < 1.29 is 27.9 Å². The maximum atomic E-state index is 14.4. The lowest BCUT2D eigenvalue weighted by Gasteiger charge is -2.19. The predicted molar refractivity (Wildman–Crippen MR) is 149 cm³/mol. The molecule has 0 fully saturated rings. The van der Waals surface area contributed by atoms with Gasteiger partial charge in [-0.3, -0.25) is 14.5 Å². The van der Waals surface area contributed by atoms with Crippen LogP contribution >= 0.6 is 11.3 Å². The molecule has 0 unspecified atom stereocenters. The monoisotopic (exact) mass is 558 g/mol. The Hall–Kier alpha value is -3.67. The van der Waals surface area contributed by atoms with E-state index in [1.807, 2.05) is 25.8 Å². The number of carbonyl (C=O) groups is 3. The van der Waals surface area contributed by atoms with Gasteiger partial charge in [-0.05, 0) is 56.3 Å². The SMILES string of the molecule is CCNC(=O)Nc1ccc(-c2sc(N(C=O)Cc3c(F)cccc3F)c(C=O)c2CN(C)CCOCC)cc1. The third-order valence-corrected chi connectivity index (χ3v) is 7.25. The van der Waals surface area contributed by atoms with E-state index in [0.717, 1.165) is 27.5 Å². The van der Waals surface area contributed by atoms with E-state index >= 15 is 0 Å². The van der Waals surface area contributed by atoms with Crippen molar-refractivity contribution in [1.29, 1.82) is 0 Å². The van der Waals surface area contributed by atoms with Crippen LogP contribution in [0, 0.1) is 11.6 Å². The number of aldehydes is 1. The molecule has 3 amide bonds. The van der Waals surface area contributed by atoms with E-state index in [4.69, 9.17) is 4.74 Å². The summed E-state index contributed by atoms with van der Waals surface area (Å²) in [4.78, 5) is 40.3. The van der Waals surface area contributed by atoms with Crippen LogP contribution in [0.1, 0.15) is 35.3 Å². The molecule has 1 heterocycles. The zero-order valence-electron chi connectivity index (χ0n) is 22.1. The summed E-state index contributed by atoms with van der Waals surface area (Å²) in [5, 5.41) is 5.69. The molecule has 0 atom stereocenters. The highest BCUT2D eigenvalue weighted by molar-refractivity contribution is 7.20. The van der Waals surface area contributed by atoms with E-state index < -0.39 is 11.6 Å². The largest absolute Gasteiger partial charge is 0.380 e. The average molecular weight is 559 g/mol. The number of thiophene rings is 1. The van der Waals surface area contributed by atoms with Crippen molar-refractivity contribution in [2.45, 2.75) is 26.9 Å². The normalized spacial score (nSPS) is 10.9. The molecule has 1 aromatic heterocycles. The van der Waals surface area contributed by atoms with Gasteiger partial charge in [0.2, 0.25) is 6.41 Å².